The normalized spacial score (nSPS) is 11.5. The molecule has 0 aliphatic carbocycles. The average molecular weight is 365 g/mol. The van der Waals surface area contributed by atoms with Gasteiger partial charge in [0, 0.05) is 22.7 Å². The predicted octanol–water partition coefficient (Wildman–Crippen LogP) is 4.39. The molecule has 2 N–H and O–H groups in total. The molecule has 3 nitrogen and oxygen atoms in total. The van der Waals surface area contributed by atoms with Crippen molar-refractivity contribution in [1.82, 2.24) is 0 Å². The molecule has 0 spiro atoms. The van der Waals surface area contributed by atoms with Gasteiger partial charge in [-0.15, -0.1) is 0 Å². The molecule has 22 heavy (non-hydrogen) atoms. The number of benzene rings is 2. The van der Waals surface area contributed by atoms with Crippen molar-refractivity contribution in [2.24, 2.45) is 0 Å². The molecule has 0 fully saturated rings. The van der Waals surface area contributed by atoms with Crippen molar-refractivity contribution in [3.8, 4) is 11.5 Å². The molecule has 0 amide bonds. The van der Waals surface area contributed by atoms with Gasteiger partial charge in [0.15, 0.2) is 0 Å². The number of hydrogen-bond acceptors (Lipinski definition) is 3. The Morgan fingerprint density at radius 1 is 1.14 bits per heavy atom. The summed E-state index contributed by atoms with van der Waals surface area (Å²) < 4.78 is 6.53. The number of aliphatic hydroxyl groups is 1. The van der Waals surface area contributed by atoms with E-state index in [1.165, 1.54) is 0 Å². The van der Waals surface area contributed by atoms with E-state index in [0.717, 1.165) is 15.6 Å². The second kappa shape index (κ2) is 7.16. The number of rotatable bonds is 6. The molecule has 2 aromatic rings. The smallest absolute Gasteiger partial charge is 0.124 e. The van der Waals surface area contributed by atoms with E-state index in [9.17, 15) is 10.2 Å². The SMILES string of the molecule is CC(C)(CCO)c1c(O)cc(OCc2ccccc2)cc1Br. The molecule has 0 saturated heterocycles. The van der Waals surface area contributed by atoms with Gasteiger partial charge in [-0.3, -0.25) is 0 Å². The lowest BCUT2D eigenvalue weighted by Crippen LogP contribution is -2.19. The van der Waals surface area contributed by atoms with Crippen molar-refractivity contribution in [3.05, 3.63) is 58.1 Å². The number of aliphatic hydroxyl groups excluding tert-OH is 1. The maximum Gasteiger partial charge on any atom is 0.124 e. The largest absolute Gasteiger partial charge is 0.507 e. The van der Waals surface area contributed by atoms with Crippen molar-refractivity contribution in [1.29, 1.82) is 0 Å². The van der Waals surface area contributed by atoms with Gasteiger partial charge in [-0.1, -0.05) is 60.1 Å². The zero-order valence-electron chi connectivity index (χ0n) is 12.8. The topological polar surface area (TPSA) is 49.7 Å². The Balaban J connectivity index is 2.19. The number of halogens is 1. The molecule has 2 rings (SSSR count). The molecule has 118 valence electrons. The summed E-state index contributed by atoms with van der Waals surface area (Å²) in [5.74, 6) is 0.785. The van der Waals surface area contributed by atoms with Crippen LogP contribution in [0.5, 0.6) is 11.5 Å². The Hall–Kier alpha value is -1.52. The first-order chi connectivity index (χ1) is 10.4. The van der Waals surface area contributed by atoms with Gasteiger partial charge in [0.25, 0.3) is 0 Å². The average Bonchev–Trinajstić information content (AvgIpc) is 2.45. The number of phenolic OH excluding ortho intramolecular Hbond substituents is 1. The summed E-state index contributed by atoms with van der Waals surface area (Å²) in [6.45, 7) is 4.51. The fraction of sp³-hybridized carbons (Fsp3) is 0.333. The zero-order chi connectivity index (χ0) is 16.2. The molecule has 0 unspecified atom stereocenters. The molecular formula is C18H21BrO3. The van der Waals surface area contributed by atoms with Crippen LogP contribution < -0.4 is 4.74 Å². The molecule has 0 bridgehead atoms. The van der Waals surface area contributed by atoms with Crippen LogP contribution in [0.2, 0.25) is 0 Å². The summed E-state index contributed by atoms with van der Waals surface area (Å²) >= 11 is 3.51. The molecule has 4 heteroatoms. The lowest BCUT2D eigenvalue weighted by atomic mass is 9.81. The van der Waals surface area contributed by atoms with E-state index in [-0.39, 0.29) is 17.8 Å². The first-order valence-electron chi connectivity index (χ1n) is 7.24. The van der Waals surface area contributed by atoms with E-state index in [0.29, 0.717) is 18.8 Å². The summed E-state index contributed by atoms with van der Waals surface area (Å²) in [7, 11) is 0. The molecule has 0 aliphatic heterocycles. The molecule has 0 radical (unpaired) electrons. The molecule has 0 aromatic heterocycles. The molecule has 0 atom stereocenters. The van der Waals surface area contributed by atoms with Gasteiger partial charge in [-0.05, 0) is 23.5 Å². The first kappa shape index (κ1) is 16.8. The van der Waals surface area contributed by atoms with Crippen LogP contribution in [0.15, 0.2) is 46.9 Å². The van der Waals surface area contributed by atoms with Gasteiger partial charge in [-0.25, -0.2) is 0 Å². The molecular weight excluding hydrogens is 344 g/mol. The Kier molecular flexibility index (Phi) is 5.48. The Bertz CT molecular complexity index is 600. The molecule has 0 heterocycles. The van der Waals surface area contributed by atoms with Crippen LogP contribution in [-0.2, 0) is 12.0 Å². The van der Waals surface area contributed by atoms with Crippen molar-refractivity contribution < 1.29 is 14.9 Å². The third-order valence-electron chi connectivity index (χ3n) is 3.70. The summed E-state index contributed by atoms with van der Waals surface area (Å²) in [5.41, 5.74) is 1.53. The van der Waals surface area contributed by atoms with E-state index in [1.54, 1.807) is 6.07 Å². The van der Waals surface area contributed by atoms with Crippen molar-refractivity contribution in [2.75, 3.05) is 6.61 Å². The van der Waals surface area contributed by atoms with Gasteiger partial charge in [0.1, 0.15) is 18.1 Å². The highest BCUT2D eigenvalue weighted by Crippen LogP contribution is 2.41. The Labute approximate surface area is 139 Å². The summed E-state index contributed by atoms with van der Waals surface area (Å²) in [5, 5.41) is 19.5. The van der Waals surface area contributed by atoms with Crippen LogP contribution >= 0.6 is 15.9 Å². The minimum Gasteiger partial charge on any atom is -0.507 e. The lowest BCUT2D eigenvalue weighted by molar-refractivity contribution is 0.249. The summed E-state index contributed by atoms with van der Waals surface area (Å²) in [6.07, 6.45) is 0.573. The number of aromatic hydroxyl groups is 1. The zero-order valence-corrected chi connectivity index (χ0v) is 14.4. The lowest BCUT2D eigenvalue weighted by Gasteiger charge is -2.27. The van der Waals surface area contributed by atoms with E-state index in [1.807, 2.05) is 50.2 Å². The van der Waals surface area contributed by atoms with E-state index < -0.39 is 0 Å². The molecule has 0 saturated carbocycles. The second-order valence-corrected chi connectivity index (χ2v) is 6.79. The van der Waals surface area contributed by atoms with Gasteiger partial charge >= 0.3 is 0 Å². The molecule has 2 aromatic carbocycles. The fourth-order valence-electron chi connectivity index (χ4n) is 2.47. The van der Waals surface area contributed by atoms with E-state index >= 15 is 0 Å². The van der Waals surface area contributed by atoms with E-state index in [4.69, 9.17) is 4.74 Å². The van der Waals surface area contributed by atoms with Crippen LogP contribution in [0.25, 0.3) is 0 Å². The van der Waals surface area contributed by atoms with Crippen molar-refractivity contribution in [3.63, 3.8) is 0 Å². The first-order valence-corrected chi connectivity index (χ1v) is 8.04. The van der Waals surface area contributed by atoms with E-state index in [2.05, 4.69) is 15.9 Å². The molecule has 0 aliphatic rings. The quantitative estimate of drug-likeness (QED) is 0.798. The van der Waals surface area contributed by atoms with Gasteiger partial charge in [0.2, 0.25) is 0 Å². The Morgan fingerprint density at radius 2 is 1.82 bits per heavy atom. The van der Waals surface area contributed by atoms with Crippen LogP contribution in [0.4, 0.5) is 0 Å². The van der Waals surface area contributed by atoms with Gasteiger partial charge in [0.05, 0.1) is 0 Å². The standard InChI is InChI=1S/C18H21BrO3/c1-18(2,8-9-20)17-15(19)10-14(11-16(17)21)22-12-13-6-4-3-5-7-13/h3-7,10-11,20-21H,8-9,12H2,1-2H3. The highest BCUT2D eigenvalue weighted by Gasteiger charge is 2.26. The van der Waals surface area contributed by atoms with Crippen molar-refractivity contribution >= 4 is 15.9 Å². The second-order valence-electron chi connectivity index (χ2n) is 5.93. The summed E-state index contributed by atoms with van der Waals surface area (Å²) in [4.78, 5) is 0. The Morgan fingerprint density at radius 3 is 2.41 bits per heavy atom. The minimum atomic E-state index is -0.324. The minimum absolute atomic E-state index is 0.0745. The third-order valence-corrected chi connectivity index (χ3v) is 4.33. The van der Waals surface area contributed by atoms with Crippen LogP contribution in [0, 0.1) is 0 Å². The van der Waals surface area contributed by atoms with Crippen LogP contribution in [0.3, 0.4) is 0 Å². The number of phenols is 1. The third kappa shape index (κ3) is 4.02. The van der Waals surface area contributed by atoms with Crippen LogP contribution in [0.1, 0.15) is 31.4 Å². The highest BCUT2D eigenvalue weighted by atomic mass is 79.9. The maximum absolute atomic E-state index is 10.3. The van der Waals surface area contributed by atoms with Gasteiger partial charge in [-0.2, -0.15) is 0 Å². The fourth-order valence-corrected chi connectivity index (χ4v) is 3.43. The highest BCUT2D eigenvalue weighted by molar-refractivity contribution is 9.10. The number of ether oxygens (including phenoxy) is 1. The van der Waals surface area contributed by atoms with Gasteiger partial charge < -0.3 is 14.9 Å². The summed E-state index contributed by atoms with van der Waals surface area (Å²) in [6, 6.07) is 13.4. The monoisotopic (exact) mass is 364 g/mol. The van der Waals surface area contributed by atoms with Crippen molar-refractivity contribution in [2.45, 2.75) is 32.3 Å². The number of hydrogen-bond donors (Lipinski definition) is 2. The predicted molar refractivity (Wildman–Crippen MR) is 91.3 cm³/mol. The van der Waals surface area contributed by atoms with Crippen LogP contribution in [-0.4, -0.2) is 16.8 Å². The maximum atomic E-state index is 10.3.